The van der Waals surface area contributed by atoms with E-state index in [0.717, 1.165) is 5.56 Å². The van der Waals surface area contributed by atoms with Crippen LogP contribution in [-0.2, 0) is 11.3 Å². The van der Waals surface area contributed by atoms with E-state index >= 15 is 0 Å². The smallest absolute Gasteiger partial charge is 0.316 e. The van der Waals surface area contributed by atoms with Crippen LogP contribution in [0.15, 0.2) is 30.3 Å². The summed E-state index contributed by atoms with van der Waals surface area (Å²) in [5.74, 6) is -0.271. The van der Waals surface area contributed by atoms with E-state index < -0.39 is 0 Å². The molecule has 0 saturated carbocycles. The number of urea groups is 1. The molecule has 0 aliphatic carbocycles. The highest BCUT2D eigenvalue weighted by atomic mass is 79.9. The van der Waals surface area contributed by atoms with E-state index in [2.05, 4.69) is 21.2 Å². The van der Waals surface area contributed by atoms with Gasteiger partial charge >= 0.3 is 6.03 Å². The Balaban J connectivity index is 2.15. The van der Waals surface area contributed by atoms with E-state index in [1.165, 1.54) is 0 Å². The number of alkyl halides is 1. The Kier molecular flexibility index (Phi) is 3.47. The molecule has 90 valence electrons. The van der Waals surface area contributed by atoms with Gasteiger partial charge in [0.25, 0.3) is 0 Å². The molecule has 1 N–H and O–H groups in total. The topological polar surface area (TPSA) is 49.4 Å². The highest BCUT2D eigenvalue weighted by molar-refractivity contribution is 9.10. The zero-order valence-electron chi connectivity index (χ0n) is 9.39. The molecule has 1 fully saturated rings. The number of rotatable bonds is 2. The molecule has 3 amide bonds. The van der Waals surface area contributed by atoms with Gasteiger partial charge in [0.1, 0.15) is 4.83 Å². The molecule has 1 saturated heterocycles. The second-order valence-corrected chi connectivity index (χ2v) is 5.04. The minimum atomic E-state index is -0.357. The fourth-order valence-electron chi connectivity index (χ4n) is 1.80. The average Bonchev–Trinajstić information content (AvgIpc) is 2.33. The van der Waals surface area contributed by atoms with Gasteiger partial charge in [-0.15, -0.1) is 0 Å². The SMILES string of the molecule is C[C@@H]1[C@@H](Br)C(=O)NC(=O)N1Cc1ccccc1. The van der Waals surface area contributed by atoms with E-state index in [1.54, 1.807) is 4.90 Å². The molecule has 2 rings (SSSR count). The summed E-state index contributed by atoms with van der Waals surface area (Å²) in [6.07, 6.45) is 0. The number of benzene rings is 1. The zero-order chi connectivity index (χ0) is 12.4. The summed E-state index contributed by atoms with van der Waals surface area (Å²) in [5, 5.41) is 2.33. The van der Waals surface area contributed by atoms with Gasteiger partial charge in [0.15, 0.2) is 0 Å². The van der Waals surface area contributed by atoms with Gasteiger partial charge in [-0.2, -0.15) is 0 Å². The number of carbonyl (C=O) groups is 2. The summed E-state index contributed by atoms with van der Waals surface area (Å²) in [6, 6.07) is 9.22. The minimum absolute atomic E-state index is 0.156. The zero-order valence-corrected chi connectivity index (χ0v) is 11.0. The molecule has 0 spiro atoms. The Hall–Kier alpha value is -1.36. The minimum Gasteiger partial charge on any atom is -0.316 e. The van der Waals surface area contributed by atoms with Gasteiger partial charge in [-0.25, -0.2) is 4.79 Å². The second kappa shape index (κ2) is 4.87. The van der Waals surface area contributed by atoms with Gasteiger partial charge in [-0.05, 0) is 12.5 Å². The molecule has 5 heteroatoms. The van der Waals surface area contributed by atoms with Crippen LogP contribution in [-0.4, -0.2) is 27.7 Å². The number of amides is 3. The van der Waals surface area contributed by atoms with Crippen molar-refractivity contribution in [2.24, 2.45) is 0 Å². The van der Waals surface area contributed by atoms with Crippen molar-refractivity contribution in [2.45, 2.75) is 24.3 Å². The van der Waals surface area contributed by atoms with Crippen LogP contribution in [0.2, 0.25) is 0 Å². The molecule has 2 atom stereocenters. The average molecular weight is 297 g/mol. The maximum atomic E-state index is 11.7. The molecule has 1 aromatic rings. The van der Waals surface area contributed by atoms with Crippen LogP contribution in [0, 0.1) is 0 Å². The van der Waals surface area contributed by atoms with E-state index in [9.17, 15) is 9.59 Å². The van der Waals surface area contributed by atoms with Crippen LogP contribution < -0.4 is 5.32 Å². The maximum Gasteiger partial charge on any atom is 0.324 e. The molecule has 1 aliphatic heterocycles. The van der Waals surface area contributed by atoms with Crippen molar-refractivity contribution in [2.75, 3.05) is 0 Å². The number of hydrogen-bond acceptors (Lipinski definition) is 2. The number of carbonyl (C=O) groups excluding carboxylic acids is 2. The highest BCUT2D eigenvalue weighted by Gasteiger charge is 2.36. The largest absolute Gasteiger partial charge is 0.324 e. The predicted molar refractivity (Wildman–Crippen MR) is 67.7 cm³/mol. The van der Waals surface area contributed by atoms with Crippen molar-refractivity contribution in [3.05, 3.63) is 35.9 Å². The quantitative estimate of drug-likeness (QED) is 0.848. The molecule has 0 bridgehead atoms. The molecule has 0 unspecified atom stereocenters. The van der Waals surface area contributed by atoms with Gasteiger partial charge in [-0.3, -0.25) is 10.1 Å². The third-order valence-corrected chi connectivity index (χ3v) is 4.03. The fraction of sp³-hybridized carbons (Fsp3) is 0.333. The van der Waals surface area contributed by atoms with Crippen LogP contribution >= 0.6 is 15.9 Å². The summed E-state index contributed by atoms with van der Waals surface area (Å²) in [7, 11) is 0. The lowest BCUT2D eigenvalue weighted by molar-refractivity contribution is -0.121. The molecule has 0 aromatic heterocycles. The molecular weight excluding hydrogens is 284 g/mol. The first-order valence-corrected chi connectivity index (χ1v) is 6.30. The number of nitrogens with one attached hydrogen (secondary N) is 1. The lowest BCUT2D eigenvalue weighted by Gasteiger charge is -2.36. The third-order valence-electron chi connectivity index (χ3n) is 2.85. The third kappa shape index (κ3) is 2.49. The van der Waals surface area contributed by atoms with E-state index in [4.69, 9.17) is 0 Å². The molecule has 4 nitrogen and oxygen atoms in total. The van der Waals surface area contributed by atoms with E-state index in [1.807, 2.05) is 37.3 Å². The van der Waals surface area contributed by atoms with Gasteiger partial charge < -0.3 is 4.90 Å². The summed E-state index contributed by atoms with van der Waals surface area (Å²) < 4.78 is 0. The normalized spacial score (nSPS) is 24.7. The van der Waals surface area contributed by atoms with Gasteiger partial charge in [0.2, 0.25) is 5.91 Å². The second-order valence-electron chi connectivity index (χ2n) is 4.05. The lowest BCUT2D eigenvalue weighted by atomic mass is 10.1. The summed E-state index contributed by atoms with van der Waals surface area (Å²) in [6.45, 7) is 2.36. The summed E-state index contributed by atoms with van der Waals surface area (Å²) in [5.41, 5.74) is 1.04. The Morgan fingerprint density at radius 1 is 1.29 bits per heavy atom. The van der Waals surface area contributed by atoms with Crippen LogP contribution in [0.25, 0.3) is 0 Å². The Labute approximate surface area is 108 Å². The van der Waals surface area contributed by atoms with Crippen LogP contribution in [0.1, 0.15) is 12.5 Å². The van der Waals surface area contributed by atoms with Crippen molar-refractivity contribution in [1.82, 2.24) is 10.2 Å². The van der Waals surface area contributed by atoms with Gasteiger partial charge in [0, 0.05) is 6.54 Å². The van der Waals surface area contributed by atoms with Gasteiger partial charge in [0.05, 0.1) is 6.04 Å². The van der Waals surface area contributed by atoms with Crippen molar-refractivity contribution < 1.29 is 9.59 Å². The van der Waals surface area contributed by atoms with E-state index in [-0.39, 0.29) is 22.8 Å². The highest BCUT2D eigenvalue weighted by Crippen LogP contribution is 2.19. The monoisotopic (exact) mass is 296 g/mol. The Bertz CT molecular complexity index is 435. The first kappa shape index (κ1) is 12.1. The molecular formula is C12H13BrN2O2. The van der Waals surface area contributed by atoms with Crippen LogP contribution in [0.4, 0.5) is 4.79 Å². The Morgan fingerprint density at radius 2 is 1.94 bits per heavy atom. The van der Waals surface area contributed by atoms with Gasteiger partial charge in [-0.1, -0.05) is 46.3 Å². The number of halogens is 1. The molecule has 1 heterocycles. The predicted octanol–water partition coefficient (Wildman–Crippen LogP) is 1.89. The first-order chi connectivity index (χ1) is 8.09. The number of imide groups is 1. The lowest BCUT2D eigenvalue weighted by Crippen LogP contribution is -2.59. The van der Waals surface area contributed by atoms with Crippen molar-refractivity contribution in [3.8, 4) is 0 Å². The number of nitrogens with zero attached hydrogens (tertiary/aromatic N) is 1. The Morgan fingerprint density at radius 3 is 2.59 bits per heavy atom. The van der Waals surface area contributed by atoms with E-state index in [0.29, 0.717) is 6.54 Å². The van der Waals surface area contributed by atoms with Crippen LogP contribution in [0.3, 0.4) is 0 Å². The van der Waals surface area contributed by atoms with Crippen molar-refractivity contribution in [1.29, 1.82) is 0 Å². The maximum absolute atomic E-state index is 11.7. The van der Waals surface area contributed by atoms with Crippen LogP contribution in [0.5, 0.6) is 0 Å². The molecule has 0 radical (unpaired) electrons. The van der Waals surface area contributed by atoms with Crippen molar-refractivity contribution in [3.63, 3.8) is 0 Å². The molecule has 17 heavy (non-hydrogen) atoms. The molecule has 1 aliphatic rings. The van der Waals surface area contributed by atoms with Crippen molar-refractivity contribution >= 4 is 27.9 Å². The summed E-state index contributed by atoms with van der Waals surface area (Å²) in [4.78, 5) is 24.4. The molecule has 1 aromatic carbocycles. The fourth-order valence-corrected chi connectivity index (χ4v) is 2.20. The number of hydrogen-bond donors (Lipinski definition) is 1. The summed E-state index contributed by atoms with van der Waals surface area (Å²) >= 11 is 3.29. The first-order valence-electron chi connectivity index (χ1n) is 5.39. The standard InChI is InChI=1S/C12H13BrN2O2/c1-8-10(13)11(16)14-12(17)15(8)7-9-5-3-2-4-6-9/h2-6,8,10H,7H2,1H3,(H,14,16,17)/t8-,10-/m1/s1.